The Kier molecular flexibility index (Phi) is 6.81. The number of aliphatic carboxylic acids is 1. The summed E-state index contributed by atoms with van der Waals surface area (Å²) in [7, 11) is 0. The molecule has 0 aliphatic heterocycles. The molecule has 84 valence electrons. The van der Waals surface area contributed by atoms with Gasteiger partial charge in [0, 0.05) is 13.0 Å². The summed E-state index contributed by atoms with van der Waals surface area (Å²) < 4.78 is 0. The molecule has 0 aliphatic carbocycles. The molecule has 0 saturated carbocycles. The molecule has 0 aromatic rings. The number of urea groups is 1. The minimum atomic E-state index is -0.854. The number of carboxylic acid groups (broad SMARTS) is 1. The first-order valence-electron chi connectivity index (χ1n) is 4.77. The van der Waals surface area contributed by atoms with Crippen molar-refractivity contribution in [1.82, 2.24) is 10.6 Å². The van der Waals surface area contributed by atoms with Crippen LogP contribution in [0.5, 0.6) is 0 Å². The average Bonchev–Trinajstić information content (AvgIpc) is 2.20. The van der Waals surface area contributed by atoms with Gasteiger partial charge in [-0.1, -0.05) is 19.3 Å². The van der Waals surface area contributed by atoms with Crippen LogP contribution in [0.25, 0.3) is 0 Å². The number of terminal acetylenes is 1. The second-order valence-corrected chi connectivity index (χ2v) is 3.14. The van der Waals surface area contributed by atoms with Crippen molar-refractivity contribution in [2.75, 3.05) is 13.1 Å². The zero-order chi connectivity index (χ0) is 11.7. The molecule has 0 saturated heterocycles. The molecule has 5 heteroatoms. The highest BCUT2D eigenvalue weighted by Gasteiger charge is 2.11. The second-order valence-electron chi connectivity index (χ2n) is 3.14. The van der Waals surface area contributed by atoms with E-state index < -0.39 is 5.97 Å². The van der Waals surface area contributed by atoms with Gasteiger partial charge in [-0.25, -0.2) is 4.79 Å². The quantitative estimate of drug-likeness (QED) is 0.558. The zero-order valence-electron chi connectivity index (χ0n) is 8.75. The van der Waals surface area contributed by atoms with E-state index in [0.717, 1.165) is 0 Å². The van der Waals surface area contributed by atoms with Crippen LogP contribution in [0.4, 0.5) is 4.79 Å². The third-order valence-electron chi connectivity index (χ3n) is 1.94. The predicted octanol–water partition coefficient (Wildman–Crippen LogP) is 0.420. The molecule has 2 amide bonds. The Labute approximate surface area is 89.2 Å². The Balaban J connectivity index is 3.75. The summed E-state index contributed by atoms with van der Waals surface area (Å²) in [6.45, 7) is 2.40. The maximum Gasteiger partial charge on any atom is 0.315 e. The molecular weight excluding hydrogens is 196 g/mol. The summed E-state index contributed by atoms with van der Waals surface area (Å²) in [4.78, 5) is 21.5. The maximum atomic E-state index is 11.0. The molecule has 15 heavy (non-hydrogen) atoms. The lowest BCUT2D eigenvalue weighted by atomic mass is 10.0. The fourth-order valence-corrected chi connectivity index (χ4v) is 1.04. The van der Waals surface area contributed by atoms with Crippen molar-refractivity contribution >= 4 is 12.0 Å². The van der Waals surface area contributed by atoms with E-state index in [1.165, 1.54) is 0 Å². The van der Waals surface area contributed by atoms with Crippen molar-refractivity contribution in [3.05, 3.63) is 0 Å². The Morgan fingerprint density at radius 1 is 1.47 bits per heavy atom. The van der Waals surface area contributed by atoms with Gasteiger partial charge in [-0.05, 0) is 5.92 Å². The topological polar surface area (TPSA) is 78.4 Å². The third kappa shape index (κ3) is 7.38. The molecule has 1 unspecified atom stereocenters. The summed E-state index contributed by atoms with van der Waals surface area (Å²) in [6, 6.07) is -0.364. The number of hydrogen-bond donors (Lipinski definition) is 3. The van der Waals surface area contributed by atoms with E-state index in [9.17, 15) is 9.59 Å². The molecule has 0 aromatic heterocycles. The lowest BCUT2D eigenvalue weighted by Gasteiger charge is -2.13. The number of amides is 2. The van der Waals surface area contributed by atoms with Gasteiger partial charge < -0.3 is 15.7 Å². The number of hydrogen-bond acceptors (Lipinski definition) is 2. The van der Waals surface area contributed by atoms with E-state index in [4.69, 9.17) is 11.5 Å². The summed E-state index contributed by atoms with van der Waals surface area (Å²) in [6.07, 6.45) is 5.73. The average molecular weight is 212 g/mol. The van der Waals surface area contributed by atoms with Gasteiger partial charge in [0.25, 0.3) is 0 Å². The Hall–Kier alpha value is -1.70. The van der Waals surface area contributed by atoms with Gasteiger partial charge in [-0.15, -0.1) is 6.42 Å². The van der Waals surface area contributed by atoms with Crippen LogP contribution in [0, 0.1) is 18.3 Å². The maximum absolute atomic E-state index is 11.0. The fourth-order valence-electron chi connectivity index (χ4n) is 1.04. The molecule has 0 fully saturated rings. The van der Waals surface area contributed by atoms with E-state index in [2.05, 4.69) is 16.6 Å². The molecule has 3 N–H and O–H groups in total. The standard InChI is InChI=1S/C10H16N2O3/c1-3-5-11-10(15)12-7-8(4-2)6-9(13)14/h1,8H,4-7H2,2H3,(H,13,14)(H2,11,12,15). The third-order valence-corrected chi connectivity index (χ3v) is 1.94. The first-order valence-corrected chi connectivity index (χ1v) is 4.77. The molecule has 0 bridgehead atoms. The molecule has 0 heterocycles. The number of carbonyl (C=O) groups excluding carboxylic acids is 1. The van der Waals surface area contributed by atoms with Crippen LogP contribution < -0.4 is 10.6 Å². The molecule has 0 radical (unpaired) electrons. The van der Waals surface area contributed by atoms with Crippen molar-refractivity contribution in [2.24, 2.45) is 5.92 Å². The van der Waals surface area contributed by atoms with Gasteiger partial charge >= 0.3 is 12.0 Å². The zero-order valence-corrected chi connectivity index (χ0v) is 8.75. The van der Waals surface area contributed by atoms with Gasteiger partial charge in [-0.2, -0.15) is 0 Å². The van der Waals surface area contributed by atoms with Gasteiger partial charge in [0.05, 0.1) is 6.54 Å². The number of nitrogens with one attached hydrogen (secondary N) is 2. The fraction of sp³-hybridized carbons (Fsp3) is 0.600. The van der Waals surface area contributed by atoms with Crippen LogP contribution in [0.2, 0.25) is 0 Å². The summed E-state index contributed by atoms with van der Waals surface area (Å²) in [5.41, 5.74) is 0. The monoisotopic (exact) mass is 212 g/mol. The molecule has 0 rings (SSSR count). The van der Waals surface area contributed by atoms with E-state index >= 15 is 0 Å². The van der Waals surface area contributed by atoms with E-state index in [1.807, 2.05) is 6.92 Å². The molecule has 0 spiro atoms. The Morgan fingerprint density at radius 2 is 2.13 bits per heavy atom. The lowest BCUT2D eigenvalue weighted by molar-refractivity contribution is -0.138. The molecule has 1 atom stereocenters. The van der Waals surface area contributed by atoms with Crippen molar-refractivity contribution in [1.29, 1.82) is 0 Å². The number of rotatable bonds is 6. The van der Waals surface area contributed by atoms with Crippen molar-refractivity contribution in [3.63, 3.8) is 0 Å². The van der Waals surface area contributed by atoms with Crippen LogP contribution in [-0.2, 0) is 4.79 Å². The van der Waals surface area contributed by atoms with Gasteiger partial charge in [0.15, 0.2) is 0 Å². The van der Waals surface area contributed by atoms with Gasteiger partial charge in [0.2, 0.25) is 0 Å². The van der Waals surface area contributed by atoms with E-state index in [-0.39, 0.29) is 24.9 Å². The highest BCUT2D eigenvalue weighted by molar-refractivity contribution is 5.74. The highest BCUT2D eigenvalue weighted by Crippen LogP contribution is 2.06. The molecular formula is C10H16N2O3. The van der Waals surface area contributed by atoms with Crippen LogP contribution >= 0.6 is 0 Å². The molecule has 5 nitrogen and oxygen atoms in total. The van der Waals surface area contributed by atoms with Gasteiger partial charge in [0.1, 0.15) is 0 Å². The van der Waals surface area contributed by atoms with Crippen LogP contribution in [0.15, 0.2) is 0 Å². The van der Waals surface area contributed by atoms with Gasteiger partial charge in [-0.3, -0.25) is 4.79 Å². The van der Waals surface area contributed by atoms with Crippen LogP contribution in [0.3, 0.4) is 0 Å². The summed E-state index contributed by atoms with van der Waals surface area (Å²) in [5.74, 6) is 1.37. The number of carbonyl (C=O) groups is 2. The molecule has 0 aliphatic rings. The largest absolute Gasteiger partial charge is 0.481 e. The van der Waals surface area contributed by atoms with E-state index in [0.29, 0.717) is 13.0 Å². The van der Waals surface area contributed by atoms with Crippen molar-refractivity contribution < 1.29 is 14.7 Å². The molecule has 0 aromatic carbocycles. The number of carboxylic acids is 1. The summed E-state index contributed by atoms with van der Waals surface area (Å²) >= 11 is 0. The lowest BCUT2D eigenvalue weighted by Crippen LogP contribution is -2.38. The minimum absolute atomic E-state index is 0.0425. The van der Waals surface area contributed by atoms with E-state index in [1.54, 1.807) is 0 Å². The predicted molar refractivity (Wildman–Crippen MR) is 56.3 cm³/mol. The Bertz CT molecular complexity index is 258. The van der Waals surface area contributed by atoms with Crippen LogP contribution in [0.1, 0.15) is 19.8 Å². The first kappa shape index (κ1) is 13.3. The SMILES string of the molecule is C#CCNC(=O)NCC(CC)CC(=O)O. The smallest absolute Gasteiger partial charge is 0.315 e. The normalized spacial score (nSPS) is 11.2. The first-order chi connectivity index (χ1) is 7.10. The highest BCUT2D eigenvalue weighted by atomic mass is 16.4. The summed E-state index contributed by atoms with van der Waals surface area (Å²) in [5, 5.41) is 13.6. The van der Waals surface area contributed by atoms with Crippen molar-refractivity contribution in [3.8, 4) is 12.3 Å². The minimum Gasteiger partial charge on any atom is -0.481 e. The Morgan fingerprint density at radius 3 is 2.60 bits per heavy atom. The van der Waals surface area contributed by atoms with Crippen molar-refractivity contribution in [2.45, 2.75) is 19.8 Å². The van der Waals surface area contributed by atoms with Crippen LogP contribution in [-0.4, -0.2) is 30.2 Å². The second kappa shape index (κ2) is 7.68.